The van der Waals surface area contributed by atoms with E-state index in [0.29, 0.717) is 11.8 Å². The highest BCUT2D eigenvalue weighted by molar-refractivity contribution is 5.79. The number of hydrogen-bond donors (Lipinski definition) is 1. The van der Waals surface area contributed by atoms with Gasteiger partial charge in [0.15, 0.2) is 0 Å². The van der Waals surface area contributed by atoms with Crippen LogP contribution in [0, 0.1) is 11.8 Å². The summed E-state index contributed by atoms with van der Waals surface area (Å²) in [7, 11) is 0. The summed E-state index contributed by atoms with van der Waals surface area (Å²) >= 11 is 0. The van der Waals surface area contributed by atoms with Gasteiger partial charge < -0.3 is 15.5 Å². The second kappa shape index (κ2) is 6.44. The van der Waals surface area contributed by atoms with E-state index in [2.05, 4.69) is 9.80 Å². The Hall–Kier alpha value is -0.610. The Morgan fingerprint density at radius 3 is 2.60 bits per heavy atom. The summed E-state index contributed by atoms with van der Waals surface area (Å²) in [5.41, 5.74) is 6.02. The third kappa shape index (κ3) is 3.34. The number of amides is 1. The van der Waals surface area contributed by atoms with E-state index in [4.69, 9.17) is 5.73 Å². The normalized spacial score (nSPS) is 35.6. The third-order valence-corrected chi connectivity index (χ3v) is 5.38. The molecule has 3 fully saturated rings. The van der Waals surface area contributed by atoms with Gasteiger partial charge in [-0.25, -0.2) is 0 Å². The zero-order chi connectivity index (χ0) is 13.9. The number of carbonyl (C=O) groups is 1. The lowest BCUT2D eigenvalue weighted by atomic mass is 9.85. The lowest BCUT2D eigenvalue weighted by Crippen LogP contribution is -2.40. The maximum Gasteiger partial charge on any atom is 0.225 e. The maximum absolute atomic E-state index is 12.6. The molecule has 3 rings (SSSR count). The third-order valence-electron chi connectivity index (χ3n) is 5.38. The van der Waals surface area contributed by atoms with Gasteiger partial charge in [0.2, 0.25) is 5.91 Å². The van der Waals surface area contributed by atoms with E-state index >= 15 is 0 Å². The van der Waals surface area contributed by atoms with Gasteiger partial charge in [-0.15, -0.1) is 0 Å². The molecule has 4 nitrogen and oxygen atoms in total. The smallest absolute Gasteiger partial charge is 0.225 e. The molecular formula is C16H29N3O. The number of carbonyl (C=O) groups excluding carboxylic acids is 1. The van der Waals surface area contributed by atoms with Crippen LogP contribution in [0.3, 0.4) is 0 Å². The van der Waals surface area contributed by atoms with E-state index in [1.807, 2.05) is 0 Å². The van der Waals surface area contributed by atoms with Crippen LogP contribution in [-0.4, -0.2) is 54.5 Å². The predicted molar refractivity (Wildman–Crippen MR) is 80.3 cm³/mol. The van der Waals surface area contributed by atoms with Crippen LogP contribution in [-0.2, 0) is 4.79 Å². The molecule has 0 bridgehead atoms. The number of hydrogen-bond acceptors (Lipinski definition) is 3. The average Bonchev–Trinajstić information content (AvgIpc) is 3.10. The van der Waals surface area contributed by atoms with Gasteiger partial charge in [0.25, 0.3) is 0 Å². The molecule has 0 aromatic heterocycles. The fourth-order valence-electron chi connectivity index (χ4n) is 4.22. The van der Waals surface area contributed by atoms with E-state index in [1.165, 1.54) is 38.9 Å². The Morgan fingerprint density at radius 2 is 1.85 bits per heavy atom. The molecule has 3 unspecified atom stereocenters. The molecule has 0 aromatic carbocycles. The summed E-state index contributed by atoms with van der Waals surface area (Å²) in [5.74, 6) is 1.31. The monoisotopic (exact) mass is 279 g/mol. The molecule has 3 atom stereocenters. The molecule has 0 spiro atoms. The van der Waals surface area contributed by atoms with Gasteiger partial charge in [-0.2, -0.15) is 0 Å². The average molecular weight is 279 g/mol. The molecule has 2 aliphatic heterocycles. The van der Waals surface area contributed by atoms with E-state index < -0.39 is 0 Å². The molecule has 1 amide bonds. The summed E-state index contributed by atoms with van der Waals surface area (Å²) in [6.45, 7) is 5.70. The van der Waals surface area contributed by atoms with E-state index in [-0.39, 0.29) is 12.0 Å². The SMILES string of the molecule is NC1CCCC(C(=O)N2CCC(CN3CCCC3)C2)C1. The second-order valence-electron chi connectivity index (χ2n) is 7.07. The van der Waals surface area contributed by atoms with Crippen molar-refractivity contribution >= 4 is 5.91 Å². The highest BCUT2D eigenvalue weighted by Crippen LogP contribution is 2.28. The second-order valence-corrected chi connectivity index (χ2v) is 7.07. The largest absolute Gasteiger partial charge is 0.342 e. The van der Waals surface area contributed by atoms with Crippen molar-refractivity contribution < 1.29 is 4.79 Å². The van der Waals surface area contributed by atoms with Crippen LogP contribution in [0.4, 0.5) is 0 Å². The highest BCUT2D eigenvalue weighted by atomic mass is 16.2. The minimum Gasteiger partial charge on any atom is -0.342 e. The molecular weight excluding hydrogens is 250 g/mol. The van der Waals surface area contributed by atoms with Crippen molar-refractivity contribution in [3.8, 4) is 0 Å². The van der Waals surface area contributed by atoms with E-state index in [0.717, 1.165) is 38.8 Å². The highest BCUT2D eigenvalue weighted by Gasteiger charge is 2.33. The Kier molecular flexibility index (Phi) is 4.61. The lowest BCUT2D eigenvalue weighted by molar-refractivity contribution is -0.135. The number of rotatable bonds is 3. The van der Waals surface area contributed by atoms with Crippen LogP contribution in [0.1, 0.15) is 44.9 Å². The number of nitrogens with two attached hydrogens (primary N) is 1. The molecule has 2 heterocycles. The zero-order valence-electron chi connectivity index (χ0n) is 12.6. The minimum atomic E-state index is 0.212. The molecule has 3 aliphatic rings. The first-order chi connectivity index (χ1) is 9.72. The van der Waals surface area contributed by atoms with Crippen molar-refractivity contribution in [2.24, 2.45) is 17.6 Å². The van der Waals surface area contributed by atoms with Crippen LogP contribution in [0.15, 0.2) is 0 Å². The van der Waals surface area contributed by atoms with Crippen molar-refractivity contribution in [2.45, 2.75) is 51.0 Å². The molecule has 114 valence electrons. The minimum absolute atomic E-state index is 0.212. The topological polar surface area (TPSA) is 49.6 Å². The summed E-state index contributed by atoms with van der Waals surface area (Å²) in [5, 5.41) is 0. The van der Waals surface area contributed by atoms with Gasteiger partial charge >= 0.3 is 0 Å². The lowest BCUT2D eigenvalue weighted by Gasteiger charge is -2.29. The number of nitrogens with zero attached hydrogens (tertiary/aromatic N) is 2. The van der Waals surface area contributed by atoms with Crippen LogP contribution in [0.2, 0.25) is 0 Å². The van der Waals surface area contributed by atoms with E-state index in [9.17, 15) is 4.79 Å². The van der Waals surface area contributed by atoms with Gasteiger partial charge in [-0.05, 0) is 57.5 Å². The van der Waals surface area contributed by atoms with Gasteiger partial charge in [-0.3, -0.25) is 4.79 Å². The Bertz CT molecular complexity index is 341. The van der Waals surface area contributed by atoms with Gasteiger partial charge in [0, 0.05) is 31.6 Å². The van der Waals surface area contributed by atoms with Crippen molar-refractivity contribution in [1.82, 2.24) is 9.80 Å². The first kappa shape index (κ1) is 14.3. The quantitative estimate of drug-likeness (QED) is 0.850. The molecule has 4 heteroatoms. The zero-order valence-corrected chi connectivity index (χ0v) is 12.6. The van der Waals surface area contributed by atoms with Crippen molar-refractivity contribution in [1.29, 1.82) is 0 Å². The molecule has 2 N–H and O–H groups in total. The standard InChI is InChI=1S/C16H29N3O/c17-15-5-3-4-14(10-15)16(20)19-9-6-13(12-19)11-18-7-1-2-8-18/h13-15H,1-12,17H2. The van der Waals surface area contributed by atoms with Crippen LogP contribution >= 0.6 is 0 Å². The van der Waals surface area contributed by atoms with Gasteiger partial charge in [-0.1, -0.05) is 6.42 Å². The molecule has 1 aliphatic carbocycles. The Morgan fingerprint density at radius 1 is 1.05 bits per heavy atom. The Labute approximate surface area is 122 Å². The van der Waals surface area contributed by atoms with Gasteiger partial charge in [0.05, 0.1) is 0 Å². The van der Waals surface area contributed by atoms with Crippen LogP contribution in [0.5, 0.6) is 0 Å². The Balaban J connectivity index is 1.47. The molecule has 20 heavy (non-hydrogen) atoms. The maximum atomic E-state index is 12.6. The molecule has 1 saturated carbocycles. The first-order valence-electron chi connectivity index (χ1n) is 8.49. The molecule has 0 aromatic rings. The van der Waals surface area contributed by atoms with Crippen molar-refractivity contribution in [3.63, 3.8) is 0 Å². The van der Waals surface area contributed by atoms with Gasteiger partial charge in [0.1, 0.15) is 0 Å². The fraction of sp³-hybridized carbons (Fsp3) is 0.938. The van der Waals surface area contributed by atoms with Crippen molar-refractivity contribution in [3.05, 3.63) is 0 Å². The summed E-state index contributed by atoms with van der Waals surface area (Å²) in [6.07, 6.45) is 8.10. The summed E-state index contributed by atoms with van der Waals surface area (Å²) < 4.78 is 0. The predicted octanol–water partition coefficient (Wildman–Crippen LogP) is 1.45. The summed E-state index contributed by atoms with van der Waals surface area (Å²) in [4.78, 5) is 17.3. The molecule has 2 saturated heterocycles. The van der Waals surface area contributed by atoms with E-state index in [1.54, 1.807) is 0 Å². The first-order valence-corrected chi connectivity index (χ1v) is 8.49. The molecule has 0 radical (unpaired) electrons. The van der Waals surface area contributed by atoms with Crippen LogP contribution < -0.4 is 5.73 Å². The number of likely N-dealkylation sites (tertiary alicyclic amines) is 2. The van der Waals surface area contributed by atoms with Crippen molar-refractivity contribution in [2.75, 3.05) is 32.7 Å². The fourth-order valence-corrected chi connectivity index (χ4v) is 4.22. The summed E-state index contributed by atoms with van der Waals surface area (Å²) in [6, 6.07) is 0.251. The van der Waals surface area contributed by atoms with Crippen LogP contribution in [0.25, 0.3) is 0 Å².